The third-order valence-electron chi connectivity index (χ3n) is 4.20. The maximum absolute atomic E-state index is 12.8. The molecule has 0 saturated heterocycles. The summed E-state index contributed by atoms with van der Waals surface area (Å²) in [6.45, 7) is 0.0769. The number of aromatic nitrogens is 2. The Morgan fingerprint density at radius 3 is 2.61 bits per heavy atom. The van der Waals surface area contributed by atoms with Crippen molar-refractivity contribution in [2.75, 3.05) is 5.32 Å². The van der Waals surface area contributed by atoms with E-state index in [1.165, 1.54) is 6.20 Å². The number of thiazole rings is 1. The normalized spacial score (nSPS) is 14.0. The van der Waals surface area contributed by atoms with Gasteiger partial charge < -0.3 is 4.84 Å². The van der Waals surface area contributed by atoms with Gasteiger partial charge in [-0.1, -0.05) is 52.4 Å². The molecule has 4 rings (SSSR count). The van der Waals surface area contributed by atoms with Gasteiger partial charge in [0.15, 0.2) is 17.5 Å². The molecule has 0 radical (unpaired) electrons. The molecular formula is C20H17ClN4O4S2. The number of amides is 1. The number of anilines is 1. The maximum atomic E-state index is 12.8. The Kier molecular flexibility index (Phi) is 6.35. The van der Waals surface area contributed by atoms with Gasteiger partial charge in [-0.25, -0.2) is 4.98 Å². The van der Waals surface area contributed by atoms with E-state index in [1.807, 2.05) is 6.07 Å². The van der Waals surface area contributed by atoms with Gasteiger partial charge in [-0.3, -0.25) is 24.2 Å². The Labute approximate surface area is 188 Å². The highest BCUT2D eigenvalue weighted by atomic mass is 35.5. The summed E-state index contributed by atoms with van der Waals surface area (Å²) in [5.41, 5.74) is 1.08. The lowest BCUT2D eigenvalue weighted by Crippen LogP contribution is -2.24. The minimum Gasteiger partial charge on any atom is -0.389 e. The topological polar surface area (TPSA) is 117 Å². The number of carbonyl (C=O) groups excluding carboxylic acids is 1. The minimum atomic E-state index is -2.97. The van der Waals surface area contributed by atoms with Gasteiger partial charge in [-0.05, 0) is 24.3 Å². The molecule has 0 spiro atoms. The van der Waals surface area contributed by atoms with Gasteiger partial charge in [0.05, 0.1) is 16.8 Å². The van der Waals surface area contributed by atoms with Crippen molar-refractivity contribution in [2.24, 2.45) is 5.16 Å². The van der Waals surface area contributed by atoms with Crippen LogP contribution in [0.25, 0.3) is 0 Å². The molecule has 2 aromatic heterocycles. The number of oxime groups is 1. The van der Waals surface area contributed by atoms with Gasteiger partial charge in [-0.15, -0.1) is 10.6 Å². The summed E-state index contributed by atoms with van der Waals surface area (Å²) < 4.78 is 21.1. The molecule has 2 heterocycles. The zero-order valence-corrected chi connectivity index (χ0v) is 18.3. The Morgan fingerprint density at radius 1 is 1.23 bits per heavy atom. The maximum Gasteiger partial charge on any atom is 0.280 e. The number of nitrogens with one attached hydrogen (secondary N) is 1. The standard InChI is InChI=1S/C20H17ClN4O4S2/c21-17-11-23-20(30-17)24-19(26)18(25-29-12-14-3-1-2-10-22-14)13-4-6-15(7-5-13)31(27,28)16-8-9-16/h1-8,10-11,27-28H,9,12H2,(H,23,24,26). The first-order valence-corrected chi connectivity index (χ1v) is 11.8. The molecule has 0 aliphatic heterocycles. The average molecular weight is 477 g/mol. The highest BCUT2D eigenvalue weighted by Gasteiger charge is 2.27. The molecule has 3 N–H and O–H groups in total. The number of hydrogen-bond acceptors (Lipinski definition) is 8. The van der Waals surface area contributed by atoms with Crippen molar-refractivity contribution in [3.63, 3.8) is 0 Å². The van der Waals surface area contributed by atoms with Crippen molar-refractivity contribution in [1.29, 1.82) is 0 Å². The number of pyridine rings is 1. The van der Waals surface area contributed by atoms with Gasteiger partial charge in [-0.2, -0.15) is 0 Å². The fourth-order valence-corrected chi connectivity index (χ4v) is 4.74. The fourth-order valence-electron chi connectivity index (χ4n) is 2.57. The van der Waals surface area contributed by atoms with Crippen LogP contribution in [0.2, 0.25) is 4.34 Å². The summed E-state index contributed by atoms with van der Waals surface area (Å²) in [7, 11) is -2.97. The van der Waals surface area contributed by atoms with Gasteiger partial charge in [0, 0.05) is 23.1 Å². The predicted molar refractivity (Wildman–Crippen MR) is 122 cm³/mol. The van der Waals surface area contributed by atoms with E-state index in [0.717, 1.165) is 11.3 Å². The number of benzene rings is 1. The lowest BCUT2D eigenvalue weighted by molar-refractivity contribution is -0.110. The molecule has 11 heteroatoms. The van der Waals surface area contributed by atoms with Crippen LogP contribution in [0.3, 0.4) is 0 Å². The predicted octanol–water partition coefficient (Wildman–Crippen LogP) is 5.15. The SMILES string of the molecule is O=C(Nc1ncc(Cl)s1)C(=NOCc1ccccn1)c1ccc(S(O)(O)C2=CC2)cc1. The van der Waals surface area contributed by atoms with Crippen molar-refractivity contribution in [2.45, 2.75) is 17.9 Å². The van der Waals surface area contributed by atoms with Crippen LogP contribution >= 0.6 is 33.5 Å². The van der Waals surface area contributed by atoms with E-state index in [2.05, 4.69) is 20.4 Å². The molecule has 0 fully saturated rings. The van der Waals surface area contributed by atoms with Crippen molar-refractivity contribution in [3.8, 4) is 0 Å². The molecule has 1 amide bonds. The molecule has 0 bridgehead atoms. The van der Waals surface area contributed by atoms with E-state index in [0.29, 0.717) is 36.9 Å². The van der Waals surface area contributed by atoms with E-state index in [1.54, 1.807) is 48.7 Å². The number of hydrogen-bond donors (Lipinski definition) is 3. The summed E-state index contributed by atoms with van der Waals surface area (Å²) in [6, 6.07) is 11.7. The summed E-state index contributed by atoms with van der Waals surface area (Å²) in [6.07, 6.45) is 5.43. The molecule has 0 saturated carbocycles. The van der Waals surface area contributed by atoms with Gasteiger partial charge >= 0.3 is 0 Å². The third kappa shape index (κ3) is 5.30. The minimum absolute atomic E-state index is 0.00378. The highest BCUT2D eigenvalue weighted by molar-refractivity contribution is 8.27. The van der Waals surface area contributed by atoms with Crippen molar-refractivity contribution in [3.05, 3.63) is 81.4 Å². The van der Waals surface area contributed by atoms with E-state index in [-0.39, 0.29) is 12.3 Å². The second-order valence-corrected chi connectivity index (χ2v) is 10.2. The van der Waals surface area contributed by atoms with Crippen LogP contribution in [0.1, 0.15) is 17.7 Å². The smallest absolute Gasteiger partial charge is 0.280 e. The first-order chi connectivity index (χ1) is 14.9. The van der Waals surface area contributed by atoms with Crippen LogP contribution in [-0.4, -0.2) is 30.7 Å². The molecule has 1 aromatic carbocycles. The van der Waals surface area contributed by atoms with Crippen LogP contribution in [0.5, 0.6) is 0 Å². The monoisotopic (exact) mass is 476 g/mol. The van der Waals surface area contributed by atoms with Crippen LogP contribution in [0.15, 0.2) is 75.9 Å². The van der Waals surface area contributed by atoms with Crippen molar-refractivity contribution >= 4 is 50.3 Å². The summed E-state index contributed by atoms with van der Waals surface area (Å²) in [5, 5.41) is 6.97. The number of rotatable bonds is 8. The lowest BCUT2D eigenvalue weighted by Gasteiger charge is -2.30. The van der Waals surface area contributed by atoms with E-state index >= 15 is 0 Å². The van der Waals surface area contributed by atoms with E-state index in [4.69, 9.17) is 16.4 Å². The summed E-state index contributed by atoms with van der Waals surface area (Å²) in [4.78, 5) is 27.4. The Hall–Kier alpha value is -2.76. The Morgan fingerprint density at radius 2 is 2.00 bits per heavy atom. The van der Waals surface area contributed by atoms with Crippen molar-refractivity contribution < 1.29 is 18.7 Å². The summed E-state index contributed by atoms with van der Waals surface area (Å²) >= 11 is 6.99. The molecule has 3 aromatic rings. The lowest BCUT2D eigenvalue weighted by atomic mass is 10.1. The molecule has 31 heavy (non-hydrogen) atoms. The average Bonchev–Trinajstić information content (AvgIpc) is 3.56. The zero-order valence-electron chi connectivity index (χ0n) is 15.9. The van der Waals surface area contributed by atoms with Crippen LogP contribution in [0.4, 0.5) is 5.13 Å². The number of carbonyl (C=O) groups is 1. The highest BCUT2D eigenvalue weighted by Crippen LogP contribution is 2.61. The third-order valence-corrected chi connectivity index (χ3v) is 7.22. The Balaban J connectivity index is 1.57. The molecule has 1 aliphatic rings. The molecule has 0 unspecified atom stereocenters. The van der Waals surface area contributed by atoms with Crippen LogP contribution in [0, 0.1) is 0 Å². The van der Waals surface area contributed by atoms with Crippen LogP contribution in [-0.2, 0) is 16.2 Å². The zero-order chi connectivity index (χ0) is 21.8. The molecule has 0 atom stereocenters. The molecule has 160 valence electrons. The van der Waals surface area contributed by atoms with Crippen molar-refractivity contribution in [1.82, 2.24) is 9.97 Å². The van der Waals surface area contributed by atoms with E-state index in [9.17, 15) is 13.9 Å². The summed E-state index contributed by atoms with van der Waals surface area (Å²) in [5.74, 6) is -0.545. The van der Waals surface area contributed by atoms with Gasteiger partial charge in [0.25, 0.3) is 5.91 Å². The number of allylic oxidation sites excluding steroid dienone is 2. The Bertz CT molecular complexity index is 1150. The number of halogens is 1. The quantitative estimate of drug-likeness (QED) is 0.306. The fraction of sp³-hybridized carbons (Fsp3) is 0.100. The largest absolute Gasteiger partial charge is 0.389 e. The number of nitrogens with zero attached hydrogens (tertiary/aromatic N) is 3. The van der Waals surface area contributed by atoms with E-state index < -0.39 is 16.5 Å². The van der Waals surface area contributed by atoms with Gasteiger partial charge in [0.1, 0.15) is 4.34 Å². The molecular weight excluding hydrogens is 460 g/mol. The first-order valence-electron chi connectivity index (χ1n) is 9.04. The second kappa shape index (κ2) is 9.16. The second-order valence-electron chi connectivity index (χ2n) is 6.41. The van der Waals surface area contributed by atoms with Gasteiger partial charge in [0.2, 0.25) is 0 Å². The molecule has 1 aliphatic carbocycles. The van der Waals surface area contributed by atoms with Crippen LogP contribution < -0.4 is 5.32 Å². The molecule has 8 nitrogen and oxygen atoms in total. The first kappa shape index (κ1) is 21.5.